The molecule has 2 heterocycles. The molecule has 0 spiro atoms. The lowest BCUT2D eigenvalue weighted by Crippen LogP contribution is -2.47. The molecule has 0 saturated carbocycles. The molecule has 1 aromatic rings. The molecule has 0 aliphatic carbocycles. The maximum Gasteiger partial charge on any atom is 0.171 e. The van der Waals surface area contributed by atoms with Gasteiger partial charge in [-0.05, 0) is 26.0 Å². The molecule has 1 aliphatic rings. The maximum atomic E-state index is 5.90. The number of morpholine rings is 1. The van der Waals surface area contributed by atoms with Gasteiger partial charge in [-0.3, -0.25) is 0 Å². The van der Waals surface area contributed by atoms with Crippen molar-refractivity contribution in [2.75, 3.05) is 30.5 Å². The number of ether oxygens (including phenoxy) is 2. The molecule has 100 valence electrons. The first kappa shape index (κ1) is 13.4. The van der Waals surface area contributed by atoms with Crippen LogP contribution in [0.3, 0.4) is 0 Å². The summed E-state index contributed by atoms with van der Waals surface area (Å²) in [7, 11) is 0. The van der Waals surface area contributed by atoms with E-state index in [2.05, 4.69) is 16.8 Å². The minimum atomic E-state index is 0.0481. The van der Waals surface area contributed by atoms with Gasteiger partial charge in [-0.1, -0.05) is 0 Å². The van der Waals surface area contributed by atoms with Crippen molar-refractivity contribution in [3.8, 4) is 5.75 Å². The quantitative estimate of drug-likeness (QED) is 0.787. The Balaban J connectivity index is 2.19. The molecule has 1 fully saturated rings. The number of hydrogen-bond acceptors (Lipinski definition) is 4. The first-order chi connectivity index (χ1) is 8.74. The number of anilines is 1. The van der Waals surface area contributed by atoms with Crippen LogP contribution in [0.15, 0.2) is 18.3 Å². The molecule has 0 aromatic carbocycles. The number of hydrogen-bond donors (Lipinski definition) is 0. The van der Waals surface area contributed by atoms with Gasteiger partial charge in [-0.25, -0.2) is 4.98 Å². The van der Waals surface area contributed by atoms with Gasteiger partial charge >= 0.3 is 0 Å². The number of rotatable bonds is 4. The normalized spacial score (nSPS) is 24.1. The molecular weight excluding hydrogens is 252 g/mol. The van der Waals surface area contributed by atoms with Crippen LogP contribution >= 0.6 is 11.6 Å². The van der Waals surface area contributed by atoms with Crippen LogP contribution in [0.4, 0.5) is 5.82 Å². The van der Waals surface area contributed by atoms with Gasteiger partial charge in [-0.15, -0.1) is 11.6 Å². The highest BCUT2D eigenvalue weighted by molar-refractivity contribution is 6.18. The van der Waals surface area contributed by atoms with Crippen LogP contribution in [-0.2, 0) is 4.74 Å². The van der Waals surface area contributed by atoms with Crippen molar-refractivity contribution < 1.29 is 9.47 Å². The number of halogens is 1. The van der Waals surface area contributed by atoms with E-state index < -0.39 is 0 Å². The van der Waals surface area contributed by atoms with Crippen molar-refractivity contribution in [3.05, 3.63) is 18.3 Å². The maximum absolute atomic E-state index is 5.90. The van der Waals surface area contributed by atoms with Gasteiger partial charge in [0.1, 0.15) is 0 Å². The first-order valence-corrected chi connectivity index (χ1v) is 6.82. The Kier molecular flexibility index (Phi) is 4.66. The zero-order valence-corrected chi connectivity index (χ0v) is 11.6. The fourth-order valence-corrected chi connectivity index (χ4v) is 2.36. The highest BCUT2D eigenvalue weighted by atomic mass is 35.5. The topological polar surface area (TPSA) is 34.6 Å². The smallest absolute Gasteiger partial charge is 0.171 e. The predicted molar refractivity (Wildman–Crippen MR) is 72.7 cm³/mol. The molecule has 2 unspecified atom stereocenters. The van der Waals surface area contributed by atoms with Crippen molar-refractivity contribution in [1.29, 1.82) is 0 Å². The largest absolute Gasteiger partial charge is 0.490 e. The second-order valence-corrected chi connectivity index (χ2v) is 4.69. The molecule has 18 heavy (non-hydrogen) atoms. The summed E-state index contributed by atoms with van der Waals surface area (Å²) in [4.78, 5) is 6.61. The standard InChI is InChI=1S/C13H19ClN2O2/c1-3-17-12-5-4-6-15-13(12)16-8-10(2)18-11(7-14)9-16/h4-6,10-11H,3,7-9H2,1-2H3. The van der Waals surface area contributed by atoms with Gasteiger partial charge in [0.2, 0.25) is 0 Å². The van der Waals surface area contributed by atoms with E-state index in [1.165, 1.54) is 0 Å². The Morgan fingerprint density at radius 2 is 2.39 bits per heavy atom. The average molecular weight is 271 g/mol. The summed E-state index contributed by atoms with van der Waals surface area (Å²) >= 11 is 5.90. The Hall–Kier alpha value is -1.00. The van der Waals surface area contributed by atoms with Gasteiger partial charge in [-0.2, -0.15) is 0 Å². The van der Waals surface area contributed by atoms with Crippen molar-refractivity contribution >= 4 is 17.4 Å². The van der Waals surface area contributed by atoms with Crippen LogP contribution in [0.5, 0.6) is 5.75 Å². The van der Waals surface area contributed by atoms with Gasteiger partial charge in [0.15, 0.2) is 11.6 Å². The molecular formula is C13H19ClN2O2. The van der Waals surface area contributed by atoms with Crippen molar-refractivity contribution in [2.24, 2.45) is 0 Å². The van der Waals surface area contributed by atoms with Gasteiger partial charge in [0, 0.05) is 19.3 Å². The summed E-state index contributed by atoms with van der Waals surface area (Å²) in [5.41, 5.74) is 0. The molecule has 0 amide bonds. The van der Waals surface area contributed by atoms with Gasteiger partial charge < -0.3 is 14.4 Å². The lowest BCUT2D eigenvalue weighted by Gasteiger charge is -2.37. The molecule has 1 aromatic heterocycles. The van der Waals surface area contributed by atoms with Crippen LogP contribution < -0.4 is 9.64 Å². The van der Waals surface area contributed by atoms with Crippen LogP contribution in [0.25, 0.3) is 0 Å². The van der Waals surface area contributed by atoms with Crippen molar-refractivity contribution in [3.63, 3.8) is 0 Å². The zero-order chi connectivity index (χ0) is 13.0. The Morgan fingerprint density at radius 3 is 3.11 bits per heavy atom. The predicted octanol–water partition coefficient (Wildman–Crippen LogP) is 2.31. The third-order valence-corrected chi connectivity index (χ3v) is 3.19. The SMILES string of the molecule is CCOc1cccnc1N1CC(C)OC(CCl)C1. The van der Waals surface area contributed by atoms with E-state index in [1.54, 1.807) is 6.20 Å². The summed E-state index contributed by atoms with van der Waals surface area (Å²) in [6.07, 6.45) is 1.99. The summed E-state index contributed by atoms with van der Waals surface area (Å²) in [6, 6.07) is 3.83. The molecule has 1 saturated heterocycles. The molecule has 1 aliphatic heterocycles. The summed E-state index contributed by atoms with van der Waals surface area (Å²) in [5.74, 6) is 2.20. The molecule has 0 radical (unpaired) electrons. The van der Waals surface area contributed by atoms with E-state index in [4.69, 9.17) is 21.1 Å². The van der Waals surface area contributed by atoms with Gasteiger partial charge in [0.25, 0.3) is 0 Å². The lowest BCUT2D eigenvalue weighted by atomic mass is 10.2. The Bertz CT molecular complexity index is 389. The fourth-order valence-electron chi connectivity index (χ4n) is 2.19. The third-order valence-electron chi connectivity index (χ3n) is 2.85. The molecule has 5 heteroatoms. The van der Waals surface area contributed by atoms with Crippen LogP contribution in [0.1, 0.15) is 13.8 Å². The number of pyridine rings is 1. The van der Waals surface area contributed by atoms with Crippen LogP contribution in [0.2, 0.25) is 0 Å². The third kappa shape index (κ3) is 3.06. The van der Waals surface area contributed by atoms with E-state index in [0.29, 0.717) is 12.5 Å². The van der Waals surface area contributed by atoms with Crippen LogP contribution in [-0.4, -0.2) is 42.8 Å². The summed E-state index contributed by atoms with van der Waals surface area (Å²) < 4.78 is 11.4. The second kappa shape index (κ2) is 6.25. The van der Waals surface area contributed by atoms with Gasteiger partial charge in [0.05, 0.1) is 24.7 Å². The molecule has 2 atom stereocenters. The van der Waals surface area contributed by atoms with Crippen molar-refractivity contribution in [1.82, 2.24) is 4.98 Å². The average Bonchev–Trinajstić information content (AvgIpc) is 2.39. The van der Waals surface area contributed by atoms with E-state index in [9.17, 15) is 0 Å². The van der Waals surface area contributed by atoms with Crippen LogP contribution in [0, 0.1) is 0 Å². The van der Waals surface area contributed by atoms with E-state index in [0.717, 1.165) is 24.7 Å². The Labute approximate surface area is 113 Å². The van der Waals surface area contributed by atoms with E-state index in [1.807, 2.05) is 19.1 Å². The summed E-state index contributed by atoms with van der Waals surface area (Å²) in [6.45, 7) is 6.22. The second-order valence-electron chi connectivity index (χ2n) is 4.39. The number of aromatic nitrogens is 1. The highest BCUT2D eigenvalue weighted by Crippen LogP contribution is 2.28. The minimum Gasteiger partial charge on any atom is -0.490 e. The van der Waals surface area contributed by atoms with Crippen molar-refractivity contribution in [2.45, 2.75) is 26.1 Å². The summed E-state index contributed by atoms with van der Waals surface area (Å²) in [5, 5.41) is 0. The first-order valence-electron chi connectivity index (χ1n) is 6.28. The Morgan fingerprint density at radius 1 is 1.56 bits per heavy atom. The molecule has 4 nitrogen and oxygen atoms in total. The number of alkyl halides is 1. The zero-order valence-electron chi connectivity index (χ0n) is 10.8. The van der Waals surface area contributed by atoms with E-state index in [-0.39, 0.29) is 12.2 Å². The number of nitrogens with zero attached hydrogens (tertiary/aromatic N) is 2. The highest BCUT2D eigenvalue weighted by Gasteiger charge is 2.27. The molecule has 0 N–H and O–H groups in total. The fraction of sp³-hybridized carbons (Fsp3) is 0.615. The molecule has 0 bridgehead atoms. The molecule has 2 rings (SSSR count). The lowest BCUT2D eigenvalue weighted by molar-refractivity contribution is -0.00371. The monoisotopic (exact) mass is 270 g/mol. The van der Waals surface area contributed by atoms with E-state index >= 15 is 0 Å². The minimum absolute atomic E-state index is 0.0481.